The Morgan fingerprint density at radius 1 is 1.19 bits per heavy atom. The number of aliphatic hydroxyl groups is 1. The number of hydrogen-bond donors (Lipinski definition) is 1. The third kappa shape index (κ3) is 4.77. The molecule has 0 aliphatic carbocycles. The number of benzene rings is 1. The Bertz CT molecular complexity index is 852. The second-order valence-corrected chi connectivity index (χ2v) is 6.69. The first kappa shape index (κ1) is 21.5. The molecule has 3 fully saturated rings. The molecule has 3 aliphatic rings. The van der Waals surface area contributed by atoms with Crippen molar-refractivity contribution in [3.63, 3.8) is 0 Å². The van der Waals surface area contributed by atoms with E-state index >= 15 is 0 Å². The van der Waals surface area contributed by atoms with Gasteiger partial charge in [-0.1, -0.05) is 32.0 Å². The largest absolute Gasteiger partial charge is 0.469 e. The average molecular weight is 438 g/mol. The highest BCUT2D eigenvalue weighted by Crippen LogP contribution is 2.50. The summed E-state index contributed by atoms with van der Waals surface area (Å²) in [6.45, 7) is 4.00. The van der Waals surface area contributed by atoms with Crippen molar-refractivity contribution >= 4 is 29.4 Å². The summed E-state index contributed by atoms with van der Waals surface area (Å²) in [5, 5.41) is 3.50. The van der Waals surface area contributed by atoms with Gasteiger partial charge in [0.25, 0.3) is 0 Å². The zero-order valence-corrected chi connectivity index (χ0v) is 18.0. The van der Waals surface area contributed by atoms with Crippen molar-refractivity contribution in [3.8, 4) is 0 Å². The van der Waals surface area contributed by atoms with Crippen LogP contribution >= 0.6 is 0 Å². The highest BCUT2D eigenvalue weighted by atomic mass is 16.6. The fraction of sp³-hybridized carbons (Fsp3) is 0.545. The predicted molar refractivity (Wildman–Crippen MR) is 110 cm³/mol. The average Bonchev–Trinajstić information content (AvgIpc) is 3.44. The van der Waals surface area contributed by atoms with E-state index in [-0.39, 0.29) is 18.7 Å². The maximum absolute atomic E-state index is 12.9. The fourth-order valence-electron chi connectivity index (χ4n) is 3.95. The van der Waals surface area contributed by atoms with Crippen LogP contribution in [0.1, 0.15) is 34.5 Å². The molecule has 3 aliphatic heterocycles. The van der Waals surface area contributed by atoms with E-state index in [0.29, 0.717) is 5.69 Å². The number of fused-ring (bicyclic) bond motifs is 5. The number of para-hydroxylation sites is 1. The number of carbonyl (C=O) groups is 4. The van der Waals surface area contributed by atoms with Crippen molar-refractivity contribution in [2.45, 2.75) is 51.4 Å². The van der Waals surface area contributed by atoms with Crippen LogP contribution in [-0.2, 0) is 33.4 Å². The molecule has 3 saturated heterocycles. The lowest BCUT2D eigenvalue weighted by atomic mass is 9.79. The molecule has 2 amide bonds. The van der Waals surface area contributed by atoms with Gasteiger partial charge in [-0.2, -0.15) is 0 Å². The molecular formula is C22H29NO8. The van der Waals surface area contributed by atoms with E-state index in [1.807, 2.05) is 13.8 Å². The minimum absolute atomic E-state index is 0.134. The van der Waals surface area contributed by atoms with Gasteiger partial charge >= 0.3 is 11.9 Å². The Balaban J connectivity index is 0.000000714. The second-order valence-electron chi connectivity index (χ2n) is 6.69. The molecule has 9 heteroatoms. The molecule has 0 saturated carbocycles. The number of methoxy groups -OCH3 is 1. The van der Waals surface area contributed by atoms with Gasteiger partial charge in [-0.05, 0) is 12.1 Å². The first-order chi connectivity index (χ1) is 15.8. The van der Waals surface area contributed by atoms with Gasteiger partial charge < -0.3 is 19.3 Å². The van der Waals surface area contributed by atoms with Gasteiger partial charge in [0.15, 0.2) is 0 Å². The summed E-state index contributed by atoms with van der Waals surface area (Å²) in [6.07, 6.45) is -3.90. The van der Waals surface area contributed by atoms with E-state index in [9.17, 15) is 19.2 Å². The minimum Gasteiger partial charge on any atom is -0.469 e. The van der Waals surface area contributed by atoms with E-state index in [0.717, 1.165) is 4.90 Å². The highest BCUT2D eigenvalue weighted by Gasteiger charge is 2.66. The number of carbonyl (C=O) groups excluding carboxylic acids is 4. The van der Waals surface area contributed by atoms with Gasteiger partial charge in [0.1, 0.15) is 12.2 Å². The van der Waals surface area contributed by atoms with Crippen LogP contribution in [0.4, 0.5) is 5.69 Å². The number of imide groups is 1. The monoisotopic (exact) mass is 438 g/mol. The van der Waals surface area contributed by atoms with Crippen LogP contribution in [0, 0.1) is 11.8 Å². The molecule has 9 nitrogen and oxygen atoms in total. The fourth-order valence-corrected chi connectivity index (χ4v) is 3.95. The molecule has 1 aromatic carbocycles. The number of hydrogen-bond acceptors (Lipinski definition) is 8. The van der Waals surface area contributed by atoms with Gasteiger partial charge in [-0.15, -0.1) is 0 Å². The first-order valence-electron chi connectivity index (χ1n) is 11.1. The maximum atomic E-state index is 12.9. The number of aliphatic hydroxyl groups excluding tert-OH is 1. The van der Waals surface area contributed by atoms with Crippen molar-refractivity contribution in [3.05, 3.63) is 30.3 Å². The summed E-state index contributed by atoms with van der Waals surface area (Å²) in [5.41, 5.74) is 0.472. The minimum atomic E-state index is -0.971. The van der Waals surface area contributed by atoms with E-state index in [4.69, 9.17) is 12.3 Å². The Morgan fingerprint density at radius 2 is 1.77 bits per heavy atom. The first-order valence-corrected chi connectivity index (χ1v) is 10.1. The van der Waals surface area contributed by atoms with Crippen LogP contribution in [0.5, 0.6) is 0 Å². The Kier molecular flexibility index (Phi) is 7.62. The van der Waals surface area contributed by atoms with Crippen molar-refractivity contribution in [1.82, 2.24) is 0 Å². The third-order valence-electron chi connectivity index (χ3n) is 5.17. The van der Waals surface area contributed by atoms with Crippen molar-refractivity contribution in [2.75, 3.05) is 19.1 Å². The predicted octanol–water partition coefficient (Wildman–Crippen LogP) is 1.46. The lowest BCUT2D eigenvalue weighted by Gasteiger charge is -2.25. The molecule has 0 radical (unpaired) electrons. The number of nitrogens with zero attached hydrogens (tertiary/aromatic N) is 1. The molecule has 170 valence electrons. The lowest BCUT2D eigenvalue weighted by Crippen LogP contribution is -2.41. The molecule has 3 heterocycles. The highest BCUT2D eigenvalue weighted by molar-refractivity contribution is 6.22. The van der Waals surface area contributed by atoms with E-state index in [1.54, 1.807) is 30.3 Å². The zero-order valence-electron chi connectivity index (χ0n) is 20.0. The SMILES string of the molecule is CC.[2H][C@H]1C(OC(=O)CCC(=O)OC)C2O[C@H]1C1C(=O)N(c3ccccc3)C(=O)C21.[3H]OC. The number of esters is 2. The molecule has 1 aromatic rings. The number of ether oxygens (including phenoxy) is 3. The molecule has 2 bridgehead atoms. The molecule has 1 N–H and O–H groups in total. The van der Waals surface area contributed by atoms with Gasteiger partial charge in [0.2, 0.25) is 13.2 Å². The number of anilines is 1. The normalized spacial score (nSPS) is 30.8. The van der Waals surface area contributed by atoms with Crippen molar-refractivity contribution in [2.24, 2.45) is 11.8 Å². The Hall–Kier alpha value is -2.78. The zero-order chi connectivity index (χ0) is 24.7. The summed E-state index contributed by atoms with van der Waals surface area (Å²) in [6, 6.07) is 8.58. The van der Waals surface area contributed by atoms with Crippen LogP contribution in [0.25, 0.3) is 0 Å². The van der Waals surface area contributed by atoms with Crippen molar-refractivity contribution in [1.29, 1.82) is 1.43 Å². The molecule has 31 heavy (non-hydrogen) atoms. The quantitative estimate of drug-likeness (QED) is 0.542. The summed E-state index contributed by atoms with van der Waals surface area (Å²) < 4.78 is 29.6. The topological polar surface area (TPSA) is 119 Å². The van der Waals surface area contributed by atoms with Gasteiger partial charge in [-0.3, -0.25) is 19.2 Å². The summed E-state index contributed by atoms with van der Waals surface area (Å²) in [7, 11) is 2.51. The standard InChI is InChI=1S/C19H19NO7.C2H6.CH4O/c1-25-13(21)7-8-14(22)26-12-9-11-15-16(17(12)27-11)19(24)20(18(15)23)10-5-3-2-4-6-10;2*1-2/h2-6,11-12,15-17H,7-9H2,1H3;1-2H3;2H,1H3/t11-,12?,15?,16?,17?;;/m1../s1/i9D;;2T/t9-,11-,12?,15?,16?,17?;;. The Labute approximate surface area is 184 Å². The van der Waals surface area contributed by atoms with Gasteiger partial charge in [0, 0.05) is 14.9 Å². The van der Waals surface area contributed by atoms with Crippen molar-refractivity contribution < 1.29 is 39.9 Å². The van der Waals surface area contributed by atoms with Crippen LogP contribution in [0.3, 0.4) is 0 Å². The smallest absolute Gasteiger partial charge is 0.306 e. The van der Waals surface area contributed by atoms with Crippen LogP contribution in [0.2, 0.25) is 0 Å². The van der Waals surface area contributed by atoms with Gasteiger partial charge in [0.05, 0.1) is 43.6 Å². The molecule has 4 rings (SSSR count). The van der Waals surface area contributed by atoms with Crippen LogP contribution in [-0.4, -0.2) is 62.8 Å². The summed E-state index contributed by atoms with van der Waals surface area (Å²) >= 11 is 0. The number of rotatable bonds is 5. The summed E-state index contributed by atoms with van der Waals surface area (Å²) in [4.78, 5) is 50.1. The molecular weight excluding hydrogens is 406 g/mol. The van der Waals surface area contributed by atoms with Gasteiger partial charge in [-0.25, -0.2) is 4.90 Å². The Morgan fingerprint density at radius 3 is 2.39 bits per heavy atom. The van der Waals surface area contributed by atoms with Crippen LogP contribution < -0.4 is 4.90 Å². The third-order valence-corrected chi connectivity index (χ3v) is 5.17. The second kappa shape index (κ2) is 11.0. The maximum Gasteiger partial charge on any atom is 0.306 e. The van der Waals surface area contributed by atoms with E-state index in [1.165, 1.54) is 14.2 Å². The van der Waals surface area contributed by atoms with Crippen LogP contribution in [0.15, 0.2) is 30.3 Å². The summed E-state index contributed by atoms with van der Waals surface area (Å²) in [5.74, 6) is -3.53. The molecule has 0 spiro atoms. The number of amides is 2. The molecule has 6 atom stereocenters. The lowest BCUT2D eigenvalue weighted by molar-refractivity contribution is -0.156. The molecule has 0 aromatic heterocycles. The molecule has 4 unspecified atom stereocenters. The van der Waals surface area contributed by atoms with E-state index in [2.05, 4.69) is 9.85 Å². The van der Waals surface area contributed by atoms with E-state index < -0.39 is 54.4 Å².